The molecule has 0 heterocycles. The number of hydrogen-bond acceptors (Lipinski definition) is 2. The van der Waals surface area contributed by atoms with Crippen LogP contribution in [0.25, 0.3) is 0 Å². The van der Waals surface area contributed by atoms with Crippen molar-refractivity contribution in [3.63, 3.8) is 0 Å². The van der Waals surface area contributed by atoms with Crippen molar-refractivity contribution < 1.29 is 18.7 Å². The standard InChI is InChI=1S/C26H40F2O2/c1-16(14-26(27,28)17(2)29)20-8-9-21-19-7-6-18-15-23(3,30)12-13-24(18,4)22(19)10-11-25(20,21)5/h6,16,19-22,30H,7-15H2,1-5H3. The third-order valence-electron chi connectivity index (χ3n) is 10.2. The van der Waals surface area contributed by atoms with Gasteiger partial charge in [-0.1, -0.05) is 32.4 Å². The Hall–Kier alpha value is -0.770. The van der Waals surface area contributed by atoms with Gasteiger partial charge in [0.05, 0.1) is 5.60 Å². The average Bonchev–Trinajstić information content (AvgIpc) is 2.99. The van der Waals surface area contributed by atoms with E-state index in [1.54, 1.807) is 0 Å². The van der Waals surface area contributed by atoms with Crippen molar-refractivity contribution in [1.29, 1.82) is 0 Å². The first kappa shape index (κ1) is 22.4. The Morgan fingerprint density at radius 3 is 2.53 bits per heavy atom. The number of hydrogen-bond donors (Lipinski definition) is 1. The Labute approximate surface area is 180 Å². The highest BCUT2D eigenvalue weighted by Gasteiger charge is 2.60. The summed E-state index contributed by atoms with van der Waals surface area (Å²) in [6.07, 6.45) is 10.4. The van der Waals surface area contributed by atoms with Gasteiger partial charge in [-0.2, -0.15) is 8.78 Å². The second kappa shape index (κ2) is 7.12. The van der Waals surface area contributed by atoms with E-state index in [1.807, 2.05) is 13.8 Å². The number of carbonyl (C=O) groups is 1. The lowest BCUT2D eigenvalue weighted by molar-refractivity contribution is -0.144. The average molecular weight is 423 g/mol. The predicted molar refractivity (Wildman–Crippen MR) is 115 cm³/mol. The molecule has 0 radical (unpaired) electrons. The van der Waals surface area contributed by atoms with Crippen LogP contribution >= 0.6 is 0 Å². The number of aliphatic hydroxyl groups is 1. The molecule has 0 saturated heterocycles. The van der Waals surface area contributed by atoms with Crippen molar-refractivity contribution in [2.24, 2.45) is 40.4 Å². The number of alkyl halides is 2. The van der Waals surface area contributed by atoms with E-state index in [0.717, 1.165) is 51.9 Å². The topological polar surface area (TPSA) is 37.3 Å². The van der Waals surface area contributed by atoms with Gasteiger partial charge >= 0.3 is 5.92 Å². The van der Waals surface area contributed by atoms with Crippen molar-refractivity contribution >= 4 is 5.78 Å². The zero-order valence-electron chi connectivity index (χ0n) is 19.4. The fourth-order valence-corrected chi connectivity index (χ4v) is 8.47. The van der Waals surface area contributed by atoms with Gasteiger partial charge in [0.1, 0.15) is 0 Å². The molecule has 8 atom stereocenters. The van der Waals surface area contributed by atoms with E-state index in [9.17, 15) is 18.7 Å². The highest BCUT2D eigenvalue weighted by Crippen LogP contribution is 2.67. The van der Waals surface area contributed by atoms with E-state index < -0.39 is 17.3 Å². The van der Waals surface area contributed by atoms with E-state index in [1.165, 1.54) is 12.0 Å². The number of carbonyl (C=O) groups excluding carboxylic acids is 1. The molecule has 4 aliphatic rings. The second-order valence-corrected chi connectivity index (χ2v) is 12.1. The summed E-state index contributed by atoms with van der Waals surface area (Å²) >= 11 is 0. The van der Waals surface area contributed by atoms with Gasteiger partial charge < -0.3 is 5.11 Å². The van der Waals surface area contributed by atoms with Crippen LogP contribution in [0, 0.1) is 40.4 Å². The van der Waals surface area contributed by atoms with Crippen LogP contribution in [-0.4, -0.2) is 22.4 Å². The van der Waals surface area contributed by atoms with Crippen molar-refractivity contribution in [1.82, 2.24) is 0 Å². The quantitative estimate of drug-likeness (QED) is 0.521. The Morgan fingerprint density at radius 2 is 1.87 bits per heavy atom. The van der Waals surface area contributed by atoms with Gasteiger partial charge in [0, 0.05) is 13.3 Å². The predicted octanol–water partition coefficient (Wildman–Crippen LogP) is 6.57. The number of allylic oxidation sites excluding steroid dienone is 1. The molecule has 0 aliphatic heterocycles. The molecule has 1 N–H and O–H groups in total. The molecule has 4 aliphatic carbocycles. The Kier molecular flexibility index (Phi) is 5.32. The van der Waals surface area contributed by atoms with Gasteiger partial charge in [0.25, 0.3) is 0 Å². The van der Waals surface area contributed by atoms with Crippen LogP contribution in [0.2, 0.25) is 0 Å². The van der Waals surface area contributed by atoms with Gasteiger partial charge in [-0.15, -0.1) is 0 Å². The minimum Gasteiger partial charge on any atom is -0.390 e. The summed E-state index contributed by atoms with van der Waals surface area (Å²) in [7, 11) is 0. The number of ketones is 1. The zero-order valence-corrected chi connectivity index (χ0v) is 19.4. The van der Waals surface area contributed by atoms with Gasteiger partial charge in [-0.3, -0.25) is 4.79 Å². The Bertz CT molecular complexity index is 741. The summed E-state index contributed by atoms with van der Waals surface area (Å²) in [6.45, 7) is 9.73. The SMILES string of the molecule is CC(=O)C(F)(F)CC(C)C1CCC2C3CC=C4CC(C)(O)CCC4(C)C3CCC12C. The van der Waals surface area contributed by atoms with Crippen molar-refractivity contribution in [2.45, 2.75) is 104 Å². The fourth-order valence-electron chi connectivity index (χ4n) is 8.47. The first-order chi connectivity index (χ1) is 13.8. The van der Waals surface area contributed by atoms with E-state index in [4.69, 9.17) is 0 Å². The van der Waals surface area contributed by atoms with Gasteiger partial charge in [0.2, 0.25) is 0 Å². The monoisotopic (exact) mass is 422 g/mol. The molecular weight excluding hydrogens is 382 g/mol. The molecule has 0 aromatic heterocycles. The number of halogens is 2. The van der Waals surface area contributed by atoms with Crippen molar-refractivity contribution in [3.8, 4) is 0 Å². The lowest BCUT2D eigenvalue weighted by Crippen LogP contribution is -2.52. The van der Waals surface area contributed by atoms with E-state index in [0.29, 0.717) is 17.8 Å². The smallest absolute Gasteiger partial charge is 0.305 e. The maximum atomic E-state index is 14.2. The second-order valence-electron chi connectivity index (χ2n) is 12.1. The zero-order chi connectivity index (χ0) is 22.1. The summed E-state index contributed by atoms with van der Waals surface area (Å²) in [4.78, 5) is 11.4. The van der Waals surface area contributed by atoms with Crippen LogP contribution in [0.4, 0.5) is 8.78 Å². The molecule has 170 valence electrons. The summed E-state index contributed by atoms with van der Waals surface area (Å²) in [5.74, 6) is -2.18. The van der Waals surface area contributed by atoms with Crippen molar-refractivity contribution in [2.75, 3.05) is 0 Å². The molecule has 8 unspecified atom stereocenters. The highest BCUT2D eigenvalue weighted by molar-refractivity contribution is 5.82. The molecule has 3 fully saturated rings. The molecule has 0 spiro atoms. The number of rotatable bonds is 4. The van der Waals surface area contributed by atoms with Crippen molar-refractivity contribution in [3.05, 3.63) is 11.6 Å². The third-order valence-corrected chi connectivity index (χ3v) is 10.2. The normalized spacial score (nSPS) is 47.0. The minimum atomic E-state index is -3.19. The van der Waals surface area contributed by atoms with Gasteiger partial charge in [-0.25, -0.2) is 0 Å². The van der Waals surface area contributed by atoms with E-state index in [2.05, 4.69) is 19.9 Å². The highest BCUT2D eigenvalue weighted by atomic mass is 19.3. The summed E-state index contributed by atoms with van der Waals surface area (Å²) in [5, 5.41) is 10.6. The molecule has 3 saturated carbocycles. The van der Waals surface area contributed by atoms with Crippen LogP contribution in [0.5, 0.6) is 0 Å². The first-order valence-corrected chi connectivity index (χ1v) is 12.1. The number of fused-ring (bicyclic) bond motifs is 5. The molecule has 30 heavy (non-hydrogen) atoms. The molecule has 2 nitrogen and oxygen atoms in total. The molecule has 0 bridgehead atoms. The lowest BCUT2D eigenvalue weighted by atomic mass is 9.46. The Morgan fingerprint density at radius 1 is 1.17 bits per heavy atom. The maximum Gasteiger partial charge on any atom is 0.305 e. The van der Waals surface area contributed by atoms with Gasteiger partial charge in [-0.05, 0) is 98.7 Å². The molecular formula is C26H40F2O2. The number of Topliss-reactive ketones (excluding diaryl/α,β-unsaturated/α-hetero) is 1. The van der Waals surface area contributed by atoms with Crippen LogP contribution in [0.3, 0.4) is 0 Å². The Balaban J connectivity index is 1.56. The summed E-state index contributed by atoms with van der Waals surface area (Å²) in [5.41, 5.74) is 1.19. The van der Waals surface area contributed by atoms with Gasteiger partial charge in [0.15, 0.2) is 5.78 Å². The molecule has 0 aromatic carbocycles. The summed E-state index contributed by atoms with van der Waals surface area (Å²) < 4.78 is 28.4. The van der Waals surface area contributed by atoms with E-state index in [-0.39, 0.29) is 29.1 Å². The minimum absolute atomic E-state index is 0.106. The molecule has 4 rings (SSSR count). The third kappa shape index (κ3) is 3.40. The van der Waals surface area contributed by atoms with Crippen LogP contribution in [-0.2, 0) is 4.79 Å². The van der Waals surface area contributed by atoms with Crippen LogP contribution in [0.15, 0.2) is 11.6 Å². The first-order valence-electron chi connectivity index (χ1n) is 12.1. The van der Waals surface area contributed by atoms with Crippen LogP contribution in [0.1, 0.15) is 92.4 Å². The largest absolute Gasteiger partial charge is 0.390 e. The van der Waals surface area contributed by atoms with Crippen LogP contribution < -0.4 is 0 Å². The maximum absolute atomic E-state index is 14.2. The molecule has 4 heteroatoms. The van der Waals surface area contributed by atoms with E-state index >= 15 is 0 Å². The molecule has 0 aromatic rings. The molecule has 0 amide bonds. The summed E-state index contributed by atoms with van der Waals surface area (Å²) in [6, 6.07) is 0. The lowest BCUT2D eigenvalue weighted by Gasteiger charge is -2.59. The fraction of sp³-hybridized carbons (Fsp3) is 0.885.